The molecule has 0 heterocycles. The van der Waals surface area contributed by atoms with Gasteiger partial charge in [0.15, 0.2) is 0 Å². The largest absolute Gasteiger partial charge is 0.416 e. The van der Waals surface area contributed by atoms with Crippen LogP contribution in [0.3, 0.4) is 0 Å². The highest BCUT2D eigenvalue weighted by molar-refractivity contribution is 8.01. The minimum absolute atomic E-state index is 0.0746. The lowest BCUT2D eigenvalue weighted by atomic mass is 10.1. The summed E-state index contributed by atoms with van der Waals surface area (Å²) in [5.41, 5.74) is -0.0847. The number of hydrogen-bond acceptors (Lipinski definition) is 2. The molecule has 1 aromatic rings. The second-order valence-corrected chi connectivity index (χ2v) is 6.25. The Morgan fingerprint density at radius 3 is 2.59 bits per heavy atom. The number of hydrogen-bond donors (Lipinski definition) is 1. The van der Waals surface area contributed by atoms with E-state index in [9.17, 15) is 18.0 Å². The molecule has 0 saturated carbocycles. The third-order valence-corrected chi connectivity index (χ3v) is 4.02. The quantitative estimate of drug-likeness (QED) is 0.771. The minimum atomic E-state index is -4.33. The minimum Gasteiger partial charge on any atom is -0.350 e. The zero-order chi connectivity index (χ0) is 16.8. The predicted molar refractivity (Wildman–Crippen MR) is 84.3 cm³/mol. The number of amides is 1. The van der Waals surface area contributed by atoms with Gasteiger partial charge in [0, 0.05) is 17.9 Å². The lowest BCUT2D eigenvalue weighted by molar-refractivity contribution is -0.137. The molecule has 122 valence electrons. The van der Waals surface area contributed by atoms with Crippen LogP contribution in [0.5, 0.6) is 0 Å². The van der Waals surface area contributed by atoms with Crippen LogP contribution in [0.15, 0.2) is 35.7 Å². The molecular weight excluding hydrogens is 311 g/mol. The Morgan fingerprint density at radius 1 is 1.32 bits per heavy atom. The van der Waals surface area contributed by atoms with E-state index in [1.54, 1.807) is 11.5 Å². The van der Waals surface area contributed by atoms with Crippen molar-refractivity contribution >= 4 is 17.7 Å². The summed E-state index contributed by atoms with van der Waals surface area (Å²) in [4.78, 5) is 11.6. The number of thioether (sulfide) groups is 1. The Labute approximate surface area is 133 Å². The van der Waals surface area contributed by atoms with Crippen LogP contribution in [-0.2, 0) is 16.7 Å². The average molecular weight is 331 g/mol. The standard InChI is InChI=1S/C16H20F3NOS/c1-11(2)12(3)20-15(21)7-8-22-10-13-5-4-6-14(9-13)16(17,18)19/h4-9,11-12H,10H2,1-3H3,(H,20,21)/b8-7-. The molecule has 1 N–H and O–H groups in total. The van der Waals surface area contributed by atoms with Gasteiger partial charge >= 0.3 is 6.18 Å². The molecule has 6 heteroatoms. The summed E-state index contributed by atoms with van der Waals surface area (Å²) < 4.78 is 37.7. The summed E-state index contributed by atoms with van der Waals surface area (Å²) >= 11 is 1.28. The Balaban J connectivity index is 2.47. The van der Waals surface area contributed by atoms with Crippen LogP contribution < -0.4 is 5.32 Å². The van der Waals surface area contributed by atoms with Crippen molar-refractivity contribution in [3.05, 3.63) is 46.9 Å². The van der Waals surface area contributed by atoms with Crippen molar-refractivity contribution in [2.24, 2.45) is 5.92 Å². The predicted octanol–water partition coefficient (Wildman–Crippen LogP) is 4.61. The maximum Gasteiger partial charge on any atom is 0.416 e. The average Bonchev–Trinajstić information content (AvgIpc) is 2.43. The van der Waals surface area contributed by atoms with E-state index in [1.807, 2.05) is 20.8 Å². The number of halogens is 3. The monoisotopic (exact) mass is 331 g/mol. The Hall–Kier alpha value is -1.43. The second-order valence-electron chi connectivity index (χ2n) is 5.35. The van der Waals surface area contributed by atoms with Gasteiger partial charge in [-0.2, -0.15) is 13.2 Å². The maximum atomic E-state index is 12.6. The molecule has 1 rings (SSSR count). The van der Waals surface area contributed by atoms with E-state index in [-0.39, 0.29) is 11.9 Å². The van der Waals surface area contributed by atoms with Gasteiger partial charge in [0.1, 0.15) is 0 Å². The van der Waals surface area contributed by atoms with Crippen LogP contribution in [0.25, 0.3) is 0 Å². The normalized spacial score (nSPS) is 13.6. The summed E-state index contributed by atoms with van der Waals surface area (Å²) in [6.07, 6.45) is -2.93. The molecule has 1 aromatic carbocycles. The van der Waals surface area contributed by atoms with E-state index in [4.69, 9.17) is 0 Å². The number of benzene rings is 1. The smallest absolute Gasteiger partial charge is 0.350 e. The number of alkyl halides is 3. The van der Waals surface area contributed by atoms with Crippen LogP contribution >= 0.6 is 11.8 Å². The second kappa shape index (κ2) is 8.27. The molecule has 0 aliphatic heterocycles. The molecule has 22 heavy (non-hydrogen) atoms. The lowest BCUT2D eigenvalue weighted by Crippen LogP contribution is -2.34. The van der Waals surface area contributed by atoms with Crippen LogP contribution in [0.4, 0.5) is 13.2 Å². The summed E-state index contributed by atoms with van der Waals surface area (Å²) in [5, 5.41) is 4.42. The SMILES string of the molecule is CC(C)C(C)NC(=O)/C=C\SCc1cccc(C(F)(F)F)c1. The van der Waals surface area contributed by atoms with Crippen molar-refractivity contribution in [3.8, 4) is 0 Å². The van der Waals surface area contributed by atoms with Crippen LogP contribution in [0.2, 0.25) is 0 Å². The first-order chi connectivity index (χ1) is 10.2. The van der Waals surface area contributed by atoms with Gasteiger partial charge in [-0.05, 0) is 29.9 Å². The third-order valence-electron chi connectivity index (χ3n) is 3.19. The third kappa shape index (κ3) is 6.56. The molecule has 0 aliphatic rings. The van der Waals surface area contributed by atoms with Gasteiger partial charge in [-0.3, -0.25) is 4.79 Å². The molecular formula is C16H20F3NOS. The van der Waals surface area contributed by atoms with Crippen LogP contribution in [-0.4, -0.2) is 11.9 Å². The highest BCUT2D eigenvalue weighted by atomic mass is 32.2. The zero-order valence-electron chi connectivity index (χ0n) is 12.8. The molecule has 0 radical (unpaired) electrons. The Bertz CT molecular complexity index is 526. The van der Waals surface area contributed by atoms with Gasteiger partial charge < -0.3 is 5.32 Å². The Kier molecular flexibility index (Phi) is 7.00. The zero-order valence-corrected chi connectivity index (χ0v) is 13.6. The van der Waals surface area contributed by atoms with Gasteiger partial charge in [-0.25, -0.2) is 0 Å². The summed E-state index contributed by atoms with van der Waals surface area (Å²) in [7, 11) is 0. The van der Waals surface area contributed by atoms with Crippen LogP contribution in [0, 0.1) is 5.92 Å². The van der Waals surface area contributed by atoms with Crippen molar-refractivity contribution in [1.82, 2.24) is 5.32 Å². The number of rotatable bonds is 6. The first-order valence-electron chi connectivity index (χ1n) is 6.95. The number of carbonyl (C=O) groups excluding carboxylic acids is 1. The van der Waals surface area contributed by atoms with E-state index in [2.05, 4.69) is 5.32 Å². The van der Waals surface area contributed by atoms with Crippen molar-refractivity contribution in [1.29, 1.82) is 0 Å². The first kappa shape index (κ1) is 18.6. The van der Waals surface area contributed by atoms with E-state index in [1.165, 1.54) is 23.9 Å². The van der Waals surface area contributed by atoms with Crippen molar-refractivity contribution < 1.29 is 18.0 Å². The van der Waals surface area contributed by atoms with Crippen molar-refractivity contribution in [3.63, 3.8) is 0 Å². The summed E-state index contributed by atoms with van der Waals surface area (Å²) in [6, 6.07) is 5.27. The summed E-state index contributed by atoms with van der Waals surface area (Å²) in [6.45, 7) is 5.94. The first-order valence-corrected chi connectivity index (χ1v) is 8.00. The molecule has 2 nitrogen and oxygen atoms in total. The fraction of sp³-hybridized carbons (Fsp3) is 0.438. The summed E-state index contributed by atoms with van der Waals surface area (Å²) in [5.74, 6) is 0.529. The van der Waals surface area contributed by atoms with Gasteiger partial charge in [0.2, 0.25) is 5.91 Å². The molecule has 1 atom stereocenters. The van der Waals surface area contributed by atoms with E-state index in [0.717, 1.165) is 12.1 Å². The lowest BCUT2D eigenvalue weighted by Gasteiger charge is -2.15. The van der Waals surface area contributed by atoms with Gasteiger partial charge in [0.25, 0.3) is 0 Å². The fourth-order valence-electron chi connectivity index (χ4n) is 1.53. The topological polar surface area (TPSA) is 29.1 Å². The molecule has 0 aliphatic carbocycles. The van der Waals surface area contributed by atoms with E-state index < -0.39 is 11.7 Å². The maximum absolute atomic E-state index is 12.6. The Morgan fingerprint density at radius 2 is 2.00 bits per heavy atom. The van der Waals surface area contributed by atoms with E-state index >= 15 is 0 Å². The van der Waals surface area contributed by atoms with Gasteiger partial charge in [-0.1, -0.05) is 32.0 Å². The molecule has 0 fully saturated rings. The molecule has 0 bridgehead atoms. The van der Waals surface area contributed by atoms with Crippen molar-refractivity contribution in [2.75, 3.05) is 0 Å². The highest BCUT2D eigenvalue weighted by Gasteiger charge is 2.30. The van der Waals surface area contributed by atoms with Crippen LogP contribution in [0.1, 0.15) is 31.9 Å². The number of carbonyl (C=O) groups is 1. The molecule has 1 amide bonds. The number of nitrogens with one attached hydrogen (secondary N) is 1. The molecule has 0 saturated heterocycles. The van der Waals surface area contributed by atoms with Gasteiger partial charge in [-0.15, -0.1) is 11.8 Å². The molecule has 1 unspecified atom stereocenters. The van der Waals surface area contributed by atoms with E-state index in [0.29, 0.717) is 17.2 Å². The van der Waals surface area contributed by atoms with Gasteiger partial charge in [0.05, 0.1) is 5.56 Å². The van der Waals surface area contributed by atoms with Crippen molar-refractivity contribution in [2.45, 2.75) is 38.7 Å². The highest BCUT2D eigenvalue weighted by Crippen LogP contribution is 2.30. The fourth-order valence-corrected chi connectivity index (χ4v) is 2.22. The molecule has 0 aromatic heterocycles. The molecule has 0 spiro atoms.